The van der Waals surface area contributed by atoms with Crippen molar-refractivity contribution in [3.63, 3.8) is 0 Å². The molecule has 2 amide bonds. The number of nitrogens with zero attached hydrogens (tertiary/aromatic N) is 2. The van der Waals surface area contributed by atoms with Crippen molar-refractivity contribution in [1.29, 1.82) is 0 Å². The molecule has 2 aliphatic rings. The second-order valence-corrected chi connectivity index (χ2v) is 10.1. The van der Waals surface area contributed by atoms with E-state index in [0.29, 0.717) is 41.8 Å². The van der Waals surface area contributed by atoms with Gasteiger partial charge in [0.1, 0.15) is 5.76 Å². The minimum atomic E-state index is -0.323. The molecule has 0 saturated heterocycles. The van der Waals surface area contributed by atoms with Crippen LogP contribution in [0.5, 0.6) is 0 Å². The summed E-state index contributed by atoms with van der Waals surface area (Å²) in [7, 11) is 0. The number of ketones is 1. The Balaban J connectivity index is 1.53. The SMILES string of the molecule is CC1(C)CC(=O)/C(=C(\O)CCCN2C(=O)c3ccccc3C2=O)C(=Nc2ccc(Br)cc2)C1. The minimum absolute atomic E-state index is 0.0389. The Labute approximate surface area is 201 Å². The summed E-state index contributed by atoms with van der Waals surface area (Å²) in [4.78, 5) is 43.9. The molecule has 1 aliphatic carbocycles. The summed E-state index contributed by atoms with van der Waals surface area (Å²) in [6, 6.07) is 14.2. The number of benzene rings is 2. The van der Waals surface area contributed by atoms with E-state index in [1.807, 2.05) is 38.1 Å². The highest BCUT2D eigenvalue weighted by Crippen LogP contribution is 2.37. The molecule has 170 valence electrons. The Morgan fingerprint density at radius 1 is 1.00 bits per heavy atom. The first-order chi connectivity index (χ1) is 15.7. The topological polar surface area (TPSA) is 87.0 Å². The number of fused-ring (bicyclic) bond motifs is 1. The van der Waals surface area contributed by atoms with Crippen LogP contribution in [0.4, 0.5) is 5.69 Å². The summed E-state index contributed by atoms with van der Waals surface area (Å²) in [5.74, 6) is -0.824. The van der Waals surface area contributed by atoms with Crippen LogP contribution in [0, 0.1) is 5.41 Å². The van der Waals surface area contributed by atoms with E-state index in [2.05, 4.69) is 20.9 Å². The number of rotatable bonds is 5. The van der Waals surface area contributed by atoms with Crippen LogP contribution in [0.2, 0.25) is 0 Å². The predicted octanol–water partition coefficient (Wildman–Crippen LogP) is 5.80. The number of aliphatic hydroxyl groups excluding tert-OH is 1. The largest absolute Gasteiger partial charge is 0.511 e. The molecule has 0 atom stereocenters. The number of carbonyl (C=O) groups is 3. The lowest BCUT2D eigenvalue weighted by molar-refractivity contribution is -0.117. The van der Waals surface area contributed by atoms with Crippen LogP contribution in [-0.4, -0.2) is 39.9 Å². The highest BCUT2D eigenvalue weighted by atomic mass is 79.9. The lowest BCUT2D eigenvalue weighted by Crippen LogP contribution is -2.33. The van der Waals surface area contributed by atoms with Crippen LogP contribution >= 0.6 is 15.9 Å². The van der Waals surface area contributed by atoms with Gasteiger partial charge in [0.25, 0.3) is 11.8 Å². The van der Waals surface area contributed by atoms with E-state index in [4.69, 9.17) is 0 Å². The molecule has 0 bridgehead atoms. The Morgan fingerprint density at radius 3 is 2.21 bits per heavy atom. The van der Waals surface area contributed by atoms with Crippen molar-refractivity contribution in [2.24, 2.45) is 10.4 Å². The smallest absolute Gasteiger partial charge is 0.261 e. The van der Waals surface area contributed by atoms with E-state index in [0.717, 1.165) is 4.47 Å². The maximum Gasteiger partial charge on any atom is 0.261 e. The van der Waals surface area contributed by atoms with Gasteiger partial charge in [0.05, 0.1) is 28.1 Å². The Kier molecular flexibility index (Phi) is 6.34. The van der Waals surface area contributed by atoms with Gasteiger partial charge in [0.2, 0.25) is 0 Å². The average molecular weight is 509 g/mol. The molecule has 1 fully saturated rings. The molecule has 1 heterocycles. The Bertz CT molecular complexity index is 1160. The average Bonchev–Trinajstić information content (AvgIpc) is 2.99. The molecule has 1 aliphatic heterocycles. The third-order valence-electron chi connectivity index (χ3n) is 5.91. The number of Topliss-reactive ketones (excluding diaryl/α,β-unsaturated/α-hetero) is 1. The lowest BCUT2D eigenvalue weighted by atomic mass is 9.73. The molecule has 0 unspecified atom stereocenters. The molecular formula is C26H25BrN2O4. The van der Waals surface area contributed by atoms with Gasteiger partial charge in [-0.1, -0.05) is 41.9 Å². The number of carbonyl (C=O) groups excluding carboxylic acids is 3. The molecule has 4 rings (SSSR count). The summed E-state index contributed by atoms with van der Waals surface area (Å²) in [5.41, 5.74) is 2.08. The zero-order valence-electron chi connectivity index (χ0n) is 18.6. The second kappa shape index (κ2) is 9.06. The van der Waals surface area contributed by atoms with Crippen LogP contribution in [-0.2, 0) is 4.79 Å². The van der Waals surface area contributed by atoms with E-state index >= 15 is 0 Å². The molecular weight excluding hydrogens is 484 g/mol. The number of hydrogen-bond donors (Lipinski definition) is 1. The molecule has 33 heavy (non-hydrogen) atoms. The molecule has 0 aromatic heterocycles. The monoisotopic (exact) mass is 508 g/mol. The van der Waals surface area contributed by atoms with E-state index in [1.165, 1.54) is 4.90 Å². The molecule has 0 spiro atoms. The number of aliphatic hydroxyl groups is 1. The number of aliphatic imine (C=N–C) groups is 1. The maximum atomic E-state index is 13.0. The van der Waals surface area contributed by atoms with Gasteiger partial charge >= 0.3 is 0 Å². The van der Waals surface area contributed by atoms with Gasteiger partial charge in [-0.15, -0.1) is 0 Å². The first-order valence-electron chi connectivity index (χ1n) is 10.9. The summed E-state index contributed by atoms with van der Waals surface area (Å²) in [6.45, 7) is 4.19. The van der Waals surface area contributed by atoms with Crippen LogP contribution < -0.4 is 0 Å². The highest BCUT2D eigenvalue weighted by molar-refractivity contribution is 9.10. The zero-order valence-corrected chi connectivity index (χ0v) is 20.2. The maximum absolute atomic E-state index is 13.0. The number of allylic oxidation sites excluding steroid dienone is 2. The molecule has 6 nitrogen and oxygen atoms in total. The molecule has 1 saturated carbocycles. The zero-order chi connectivity index (χ0) is 23.8. The fraction of sp³-hybridized carbons (Fsp3) is 0.308. The van der Waals surface area contributed by atoms with Crippen molar-refractivity contribution in [1.82, 2.24) is 4.90 Å². The van der Waals surface area contributed by atoms with E-state index in [9.17, 15) is 19.5 Å². The lowest BCUT2D eigenvalue weighted by Gasteiger charge is -2.31. The Morgan fingerprint density at radius 2 is 1.61 bits per heavy atom. The molecule has 1 N–H and O–H groups in total. The van der Waals surface area contributed by atoms with Gasteiger partial charge < -0.3 is 5.11 Å². The first-order valence-corrected chi connectivity index (χ1v) is 11.7. The van der Waals surface area contributed by atoms with E-state index in [1.54, 1.807) is 24.3 Å². The minimum Gasteiger partial charge on any atom is -0.511 e. The number of imide groups is 1. The number of amides is 2. The van der Waals surface area contributed by atoms with Gasteiger partial charge in [-0.25, -0.2) is 0 Å². The Hall–Kier alpha value is -3.06. The van der Waals surface area contributed by atoms with Crippen molar-refractivity contribution in [2.45, 2.75) is 39.5 Å². The van der Waals surface area contributed by atoms with Gasteiger partial charge in [-0.3, -0.25) is 24.3 Å². The van der Waals surface area contributed by atoms with Crippen molar-refractivity contribution in [3.05, 3.63) is 75.5 Å². The molecule has 2 aromatic carbocycles. The van der Waals surface area contributed by atoms with E-state index in [-0.39, 0.29) is 47.3 Å². The summed E-state index contributed by atoms with van der Waals surface area (Å²) >= 11 is 3.40. The number of hydrogen-bond acceptors (Lipinski definition) is 5. The van der Waals surface area contributed by atoms with Crippen molar-refractivity contribution >= 4 is 44.9 Å². The normalized spacial score (nSPS) is 20.4. The van der Waals surface area contributed by atoms with Gasteiger partial charge in [-0.2, -0.15) is 0 Å². The standard InChI is InChI=1S/C26H25BrN2O4/c1-26(2)14-20(28-17-11-9-16(27)10-12-17)23(22(31)15-26)21(30)8-5-13-29-24(32)18-6-3-4-7-19(18)25(29)33/h3-4,6-7,9-12,30H,5,8,13-15H2,1-2H3/b23-21-,28-20?. The summed E-state index contributed by atoms with van der Waals surface area (Å²) < 4.78 is 0.929. The fourth-order valence-corrected chi connectivity index (χ4v) is 4.62. The van der Waals surface area contributed by atoms with Crippen LogP contribution in [0.15, 0.2) is 69.3 Å². The van der Waals surface area contributed by atoms with Gasteiger partial charge in [0.15, 0.2) is 5.78 Å². The van der Waals surface area contributed by atoms with Crippen LogP contribution in [0.25, 0.3) is 0 Å². The molecule has 2 aromatic rings. The van der Waals surface area contributed by atoms with Gasteiger partial charge in [0, 0.05) is 23.9 Å². The highest BCUT2D eigenvalue weighted by Gasteiger charge is 2.37. The predicted molar refractivity (Wildman–Crippen MR) is 130 cm³/mol. The van der Waals surface area contributed by atoms with Crippen molar-refractivity contribution in [2.75, 3.05) is 6.54 Å². The van der Waals surface area contributed by atoms with Gasteiger partial charge in [-0.05, 0) is 54.7 Å². The fourth-order valence-electron chi connectivity index (χ4n) is 4.35. The second-order valence-electron chi connectivity index (χ2n) is 9.21. The van der Waals surface area contributed by atoms with Crippen molar-refractivity contribution < 1.29 is 19.5 Å². The number of halogens is 1. The first kappa shape index (κ1) is 23.1. The quantitative estimate of drug-likeness (QED) is 0.314. The van der Waals surface area contributed by atoms with Crippen LogP contribution in [0.1, 0.15) is 60.2 Å². The van der Waals surface area contributed by atoms with Crippen molar-refractivity contribution in [3.8, 4) is 0 Å². The third kappa shape index (κ3) is 4.83. The van der Waals surface area contributed by atoms with Crippen LogP contribution in [0.3, 0.4) is 0 Å². The molecule has 0 radical (unpaired) electrons. The van der Waals surface area contributed by atoms with E-state index < -0.39 is 0 Å². The molecule has 7 heteroatoms. The summed E-state index contributed by atoms with van der Waals surface area (Å²) in [6.07, 6.45) is 1.41. The third-order valence-corrected chi connectivity index (χ3v) is 6.43. The summed E-state index contributed by atoms with van der Waals surface area (Å²) in [5, 5.41) is 10.9.